The molecule has 0 aliphatic carbocycles. The van der Waals surface area contributed by atoms with E-state index in [1.54, 1.807) is 55.4 Å². The average Bonchev–Trinajstić information content (AvgIpc) is 1.83. The fourth-order valence-electron chi connectivity index (χ4n) is 9.78. The number of nitrogens with zero attached hydrogens (tertiary/aromatic N) is 1. The molecule has 1 saturated heterocycles. The standard InChI is InChI=1S/C17H31N3O6.C15H29N3O4.C12H25N3O2.C10H21N3O2.C8H16N4O4.C8H17N3O.C7H17N3O/c1-5-8(3)10(16(23)24)7-11(21)12(18)13(19)15(22)20-14(17(25)26)9(4)6-2;1-7(2)9(5)6-10(19)11(16)12(17)14(20)18-13(8(3)4)15(21)22;1-7(2)9(4)15-12(17)8(3)5-11(16)10(14)6-13;1-6(2)13-10(15)7(3)4-9(14)8(12)5-11;1-2-11-7(15)5(9)6(10)8(16)12-3-4(13)14;1-6-3-2-4-11(6)8(12)7(10)5-9;1-5(3-8)2-7(11)6(10)4-9/h8-10,12-14H,5-7,18-19H2,1-4H3,(H,20,22)(H,23,24)(H,25,26);7-9,11-13H,6,16-17H2,1-5H3,(H,18,20)(H,21,22);7-10H,5-6,13-14H2,1-4H3,(H,15,17);6-8H,4-5,11-12H2,1-3H3,(H,13,15);5-6H,2-3,9-10H2,1H3,(H,11,15)(H,12,16)(H,13,14);6-7H,2-5,9-10H2,1H3;5-6H,2-4,8-10H2,1H3/t8?,9?,10-,12+,13-,14-;9-,11+,12-,13-;8-,9-,10?;7-,8?;5-,6+;6-,7+;5-,6+/m0011011/s1. The van der Waals surface area contributed by atoms with E-state index in [1.807, 2.05) is 86.4 Å². The number of carboxylic acids is 4. The van der Waals surface area contributed by atoms with Crippen LogP contribution in [0.3, 0.4) is 0 Å². The van der Waals surface area contributed by atoms with Gasteiger partial charge in [0.2, 0.25) is 41.4 Å². The summed E-state index contributed by atoms with van der Waals surface area (Å²) in [6, 6.07) is -11.7. The van der Waals surface area contributed by atoms with Gasteiger partial charge in [-0.15, -0.1) is 0 Å². The minimum Gasteiger partial charge on any atom is -0.481 e. The summed E-state index contributed by atoms with van der Waals surface area (Å²) in [5.74, 6) is -10.5. The SMILES string of the molecule is CC(C)NC(=O)[C@H](C)CC(=O)C(N)CN.CC(C)[C@@H](C)NC(=O)[C@H](C)CC(=O)C(N)CN.CC(C)[C@H](NC(=O)[C@@H](N)[C@H](N)C(=O)C[C@H](C)C(C)C)C(=O)O.CCC(C)[C@H](CC(=O)[C@@H](N)[C@H](N)C(=O)N[C@H](C(=O)O)C(C)CC)C(=O)O.CCNC(=O)[C@@H](N)[C@@H](N)C(=O)NCC(=O)O.C[C@@H](CN)CC(=O)[C@@H](N)CN.C[C@@H]1CCCN1C(=O)[C@@H](N)CN. The molecule has 1 heterocycles. The molecule has 0 aromatic carbocycles. The van der Waals surface area contributed by atoms with Crippen molar-refractivity contribution in [1.82, 2.24) is 36.8 Å². The Hall–Kier alpha value is -8.08. The van der Waals surface area contributed by atoms with Crippen molar-refractivity contribution in [3.05, 3.63) is 0 Å². The summed E-state index contributed by atoms with van der Waals surface area (Å²) in [5, 5.41) is 50.5. The number of nitrogens with one attached hydrogen (secondary N) is 6. The number of nitrogens with two attached hydrogens (primary N) is 15. The Bertz CT molecular complexity index is 3040. The van der Waals surface area contributed by atoms with Crippen molar-refractivity contribution >= 4 is 94.1 Å². The maximum atomic E-state index is 12.3. The summed E-state index contributed by atoms with van der Waals surface area (Å²) in [4.78, 5) is 185. The van der Waals surface area contributed by atoms with Crippen LogP contribution in [-0.2, 0) is 76.7 Å². The second kappa shape index (κ2) is 65.7. The number of Topliss-reactive ketones (excluding diaryl/α,β-unsaturated/α-hetero) is 5. The van der Waals surface area contributed by atoms with E-state index in [9.17, 15) is 86.9 Å². The van der Waals surface area contributed by atoms with Crippen LogP contribution in [0.2, 0.25) is 0 Å². The maximum absolute atomic E-state index is 12.3. The summed E-state index contributed by atoms with van der Waals surface area (Å²) >= 11 is 0. The number of hydrogen-bond donors (Lipinski definition) is 25. The Kier molecular flexibility index (Phi) is 67.2. The molecule has 1 aliphatic heterocycles. The van der Waals surface area contributed by atoms with E-state index >= 15 is 0 Å². The van der Waals surface area contributed by atoms with Crippen LogP contribution in [0.1, 0.15) is 189 Å². The van der Waals surface area contributed by atoms with E-state index in [2.05, 4.69) is 26.6 Å². The third-order valence-corrected chi connectivity index (χ3v) is 19.7. The number of carbonyl (C=O) groups is 16. The molecule has 0 aromatic rings. The predicted octanol–water partition coefficient (Wildman–Crippen LogP) is -5.41. The quantitative estimate of drug-likeness (QED) is 0.0270. The van der Waals surface area contributed by atoms with Crippen molar-refractivity contribution in [2.45, 2.75) is 280 Å². The number of ketones is 5. The molecule has 42 nitrogen and oxygen atoms in total. The number of carbonyl (C=O) groups excluding carboxylic acids is 12. The van der Waals surface area contributed by atoms with Crippen LogP contribution < -0.4 is 118 Å². The molecular weight excluding hydrogens is 1550 g/mol. The number of likely N-dealkylation sites (tertiary alicyclic amines) is 1. The lowest BCUT2D eigenvalue weighted by atomic mass is 9.85. The highest BCUT2D eigenvalue weighted by Crippen LogP contribution is 2.22. The third kappa shape index (κ3) is 52.7. The highest BCUT2D eigenvalue weighted by molar-refractivity contribution is 5.97. The van der Waals surface area contributed by atoms with Gasteiger partial charge in [-0.05, 0) is 95.4 Å². The van der Waals surface area contributed by atoms with Crippen LogP contribution in [0.25, 0.3) is 0 Å². The largest absolute Gasteiger partial charge is 0.481 e. The number of carboxylic acid groups (broad SMARTS) is 4. The first kappa shape index (κ1) is 122. The van der Waals surface area contributed by atoms with Crippen LogP contribution in [0.5, 0.6) is 0 Å². The Balaban J connectivity index is -0.000000318. The van der Waals surface area contributed by atoms with Gasteiger partial charge in [0.1, 0.15) is 42.8 Å². The fraction of sp³-hybridized carbons (Fsp3) is 0.792. The molecule has 119 heavy (non-hydrogen) atoms. The van der Waals surface area contributed by atoms with Crippen molar-refractivity contribution < 1.29 is 97.1 Å². The first-order chi connectivity index (χ1) is 54.8. The van der Waals surface area contributed by atoms with Crippen molar-refractivity contribution in [2.75, 3.05) is 52.4 Å². The minimum atomic E-state index is -1.46. The summed E-state index contributed by atoms with van der Waals surface area (Å²) < 4.78 is 0. The number of amides is 7. The molecule has 0 saturated carbocycles. The number of likely N-dealkylation sites (N-methyl/N-ethyl adjacent to an activating group) is 1. The van der Waals surface area contributed by atoms with Gasteiger partial charge in [-0.3, -0.25) is 67.1 Å². The zero-order valence-electron chi connectivity index (χ0n) is 73.9. The third-order valence-electron chi connectivity index (χ3n) is 19.7. The highest BCUT2D eigenvalue weighted by atomic mass is 16.4. The van der Waals surface area contributed by atoms with Gasteiger partial charge in [-0.25, -0.2) is 9.59 Å². The molecule has 0 aromatic heterocycles. The Labute approximate surface area is 702 Å². The van der Waals surface area contributed by atoms with Gasteiger partial charge in [0.15, 0.2) is 28.9 Å². The van der Waals surface area contributed by atoms with Crippen molar-refractivity contribution in [2.24, 2.45) is 145 Å². The Morgan fingerprint density at radius 3 is 1.08 bits per heavy atom. The van der Waals surface area contributed by atoms with Gasteiger partial charge in [0.25, 0.3) is 0 Å². The monoisotopic (exact) mass is 1710 g/mol. The smallest absolute Gasteiger partial charge is 0.326 e. The summed E-state index contributed by atoms with van der Waals surface area (Å²) in [5.41, 5.74) is 82.0. The molecule has 42 heteroatoms. The molecule has 0 bridgehead atoms. The van der Waals surface area contributed by atoms with Crippen LogP contribution in [-0.4, -0.2) is 262 Å². The predicted molar refractivity (Wildman–Crippen MR) is 454 cm³/mol. The number of hydrogen-bond acceptors (Lipinski definition) is 31. The average molecular weight is 1710 g/mol. The lowest BCUT2D eigenvalue weighted by Crippen LogP contribution is -2.59. The van der Waals surface area contributed by atoms with Gasteiger partial charge in [-0.1, -0.05) is 110 Å². The lowest BCUT2D eigenvalue weighted by molar-refractivity contribution is -0.146. The molecule has 4 unspecified atom stereocenters. The summed E-state index contributed by atoms with van der Waals surface area (Å²) in [6.45, 7) is 37.0. The van der Waals surface area contributed by atoms with Gasteiger partial charge >= 0.3 is 23.9 Å². The van der Waals surface area contributed by atoms with Crippen LogP contribution in [0.15, 0.2) is 0 Å². The summed E-state index contributed by atoms with van der Waals surface area (Å²) in [7, 11) is 0. The molecule has 0 spiro atoms. The molecular formula is C77H156N22O20. The van der Waals surface area contributed by atoms with Gasteiger partial charge in [0.05, 0.1) is 42.2 Å². The molecule has 1 rings (SSSR count). The molecule has 21 atom stereocenters. The normalized spacial score (nSPS) is 17.2. The molecule has 1 fully saturated rings. The fourth-order valence-corrected chi connectivity index (χ4v) is 9.78. The number of aliphatic carboxylic acids is 4. The van der Waals surface area contributed by atoms with E-state index < -0.39 is 138 Å². The van der Waals surface area contributed by atoms with E-state index in [0.29, 0.717) is 50.2 Å². The van der Waals surface area contributed by atoms with E-state index in [4.69, 9.17) is 96.2 Å². The topological polar surface area (TPSA) is 820 Å². The second-order valence-electron chi connectivity index (χ2n) is 31.6. The highest BCUT2D eigenvalue weighted by Gasteiger charge is 2.37. The van der Waals surface area contributed by atoms with Gasteiger partial charge < -0.3 is 143 Å². The van der Waals surface area contributed by atoms with Crippen LogP contribution >= 0.6 is 0 Å². The molecule has 1 aliphatic rings. The van der Waals surface area contributed by atoms with Crippen molar-refractivity contribution in [3.8, 4) is 0 Å². The van der Waals surface area contributed by atoms with Gasteiger partial charge in [0, 0.05) is 101 Å². The van der Waals surface area contributed by atoms with E-state index in [-0.39, 0.29) is 146 Å². The minimum absolute atomic E-state index is 0.00231. The van der Waals surface area contributed by atoms with Crippen LogP contribution in [0.4, 0.5) is 0 Å². The Morgan fingerprint density at radius 2 is 0.756 bits per heavy atom. The van der Waals surface area contributed by atoms with Crippen molar-refractivity contribution in [3.63, 3.8) is 0 Å². The van der Waals surface area contributed by atoms with Crippen molar-refractivity contribution in [1.29, 1.82) is 0 Å². The van der Waals surface area contributed by atoms with Crippen LogP contribution in [0, 0.1) is 59.2 Å². The molecule has 40 N–H and O–H groups in total. The zero-order valence-corrected chi connectivity index (χ0v) is 73.9. The zero-order chi connectivity index (χ0) is 94.5. The lowest BCUT2D eigenvalue weighted by Gasteiger charge is -2.25. The maximum Gasteiger partial charge on any atom is 0.326 e. The first-order valence-electron chi connectivity index (χ1n) is 40.5. The second-order valence-corrected chi connectivity index (χ2v) is 31.6. The molecule has 694 valence electrons. The summed E-state index contributed by atoms with van der Waals surface area (Å²) in [6.07, 6.45) is 3.91. The van der Waals surface area contributed by atoms with Gasteiger partial charge in [-0.2, -0.15) is 0 Å². The molecule has 0 radical (unpaired) electrons. The Morgan fingerprint density at radius 1 is 0.378 bits per heavy atom. The molecule has 7 amide bonds. The van der Waals surface area contributed by atoms with E-state index in [0.717, 1.165) is 19.4 Å². The number of rotatable bonds is 47. The van der Waals surface area contributed by atoms with E-state index in [1.165, 1.54) is 0 Å². The first-order valence-corrected chi connectivity index (χ1v) is 40.5.